The Bertz CT molecular complexity index is 610. The number of para-hydroxylation sites is 2. The zero-order chi connectivity index (χ0) is 14.5. The average Bonchev–Trinajstić information content (AvgIpc) is 2.38. The molecule has 2 aromatic rings. The molecule has 0 aliphatic rings. The van der Waals surface area contributed by atoms with Crippen molar-refractivity contribution in [3.8, 4) is 0 Å². The molecule has 0 atom stereocenters. The summed E-state index contributed by atoms with van der Waals surface area (Å²) in [5.74, 6) is 0.778. The summed E-state index contributed by atoms with van der Waals surface area (Å²) in [6.07, 6.45) is 0.423. The first-order valence-corrected chi connectivity index (χ1v) is 6.83. The summed E-state index contributed by atoms with van der Waals surface area (Å²) in [7, 11) is 0. The standard InChI is InChI=1S/C15H20N4O/c1-10(2)17-14(20)8-9-16-15-11(3)18-12-6-4-5-7-13(12)19-15/h4-7,10H,8-9H2,1-3H3,(H,16,19)(H,17,20). The van der Waals surface area contributed by atoms with Crippen molar-refractivity contribution in [2.24, 2.45) is 0 Å². The quantitative estimate of drug-likeness (QED) is 0.876. The maximum atomic E-state index is 11.6. The fourth-order valence-corrected chi connectivity index (χ4v) is 1.94. The Morgan fingerprint density at radius 1 is 1.20 bits per heavy atom. The lowest BCUT2D eigenvalue weighted by Crippen LogP contribution is -2.31. The second-order valence-corrected chi connectivity index (χ2v) is 5.05. The number of nitrogens with one attached hydrogen (secondary N) is 2. The summed E-state index contributed by atoms with van der Waals surface area (Å²) in [5.41, 5.74) is 2.58. The van der Waals surface area contributed by atoms with Gasteiger partial charge in [0.05, 0.1) is 16.7 Å². The molecule has 0 bridgehead atoms. The molecule has 2 N–H and O–H groups in total. The number of fused-ring (bicyclic) bond motifs is 1. The summed E-state index contributed by atoms with van der Waals surface area (Å²) in [4.78, 5) is 20.6. The van der Waals surface area contributed by atoms with Crippen molar-refractivity contribution in [1.29, 1.82) is 0 Å². The van der Waals surface area contributed by atoms with Crippen LogP contribution in [-0.2, 0) is 4.79 Å². The SMILES string of the molecule is Cc1nc2ccccc2nc1NCCC(=O)NC(C)C. The number of aryl methyl sites for hydroxylation is 1. The van der Waals surface area contributed by atoms with Crippen LogP contribution in [0.3, 0.4) is 0 Å². The second-order valence-electron chi connectivity index (χ2n) is 5.05. The highest BCUT2D eigenvalue weighted by molar-refractivity contribution is 5.77. The molecule has 0 saturated carbocycles. The van der Waals surface area contributed by atoms with Crippen molar-refractivity contribution >= 4 is 22.8 Å². The van der Waals surface area contributed by atoms with Gasteiger partial charge in [0.25, 0.3) is 0 Å². The monoisotopic (exact) mass is 272 g/mol. The highest BCUT2D eigenvalue weighted by Gasteiger charge is 2.06. The number of aromatic nitrogens is 2. The van der Waals surface area contributed by atoms with Gasteiger partial charge in [-0.1, -0.05) is 12.1 Å². The molecule has 1 aromatic heterocycles. The minimum absolute atomic E-state index is 0.0406. The fourth-order valence-electron chi connectivity index (χ4n) is 1.94. The van der Waals surface area contributed by atoms with Gasteiger partial charge in [-0.25, -0.2) is 9.97 Å². The Labute approximate surface area is 118 Å². The van der Waals surface area contributed by atoms with Crippen LogP contribution in [-0.4, -0.2) is 28.5 Å². The molecule has 0 aliphatic carbocycles. The lowest BCUT2D eigenvalue weighted by molar-refractivity contribution is -0.121. The number of anilines is 1. The maximum absolute atomic E-state index is 11.6. The molecule has 5 nitrogen and oxygen atoms in total. The van der Waals surface area contributed by atoms with Gasteiger partial charge in [-0.3, -0.25) is 4.79 Å². The summed E-state index contributed by atoms with van der Waals surface area (Å²) in [6, 6.07) is 7.92. The van der Waals surface area contributed by atoms with E-state index in [1.807, 2.05) is 45.0 Å². The predicted molar refractivity (Wildman–Crippen MR) is 80.7 cm³/mol. The minimum atomic E-state index is 0.0406. The van der Waals surface area contributed by atoms with Crippen LogP contribution >= 0.6 is 0 Å². The Hall–Kier alpha value is -2.17. The molecule has 1 heterocycles. The minimum Gasteiger partial charge on any atom is -0.368 e. The van der Waals surface area contributed by atoms with E-state index in [-0.39, 0.29) is 11.9 Å². The molecule has 106 valence electrons. The van der Waals surface area contributed by atoms with E-state index >= 15 is 0 Å². The first-order chi connectivity index (χ1) is 9.56. The lowest BCUT2D eigenvalue weighted by Gasteiger charge is -2.11. The van der Waals surface area contributed by atoms with E-state index in [2.05, 4.69) is 20.6 Å². The van der Waals surface area contributed by atoms with Crippen LogP contribution in [0.2, 0.25) is 0 Å². The highest BCUT2D eigenvalue weighted by Crippen LogP contribution is 2.15. The van der Waals surface area contributed by atoms with Crippen molar-refractivity contribution in [3.63, 3.8) is 0 Å². The summed E-state index contributed by atoms with van der Waals surface area (Å²) in [5, 5.41) is 6.03. The second kappa shape index (κ2) is 6.32. The van der Waals surface area contributed by atoms with E-state index in [1.165, 1.54) is 0 Å². The van der Waals surface area contributed by atoms with Gasteiger partial charge in [-0.2, -0.15) is 0 Å². The van der Waals surface area contributed by atoms with E-state index in [4.69, 9.17) is 0 Å². The summed E-state index contributed by atoms with van der Waals surface area (Å²) < 4.78 is 0. The van der Waals surface area contributed by atoms with Crippen LogP contribution in [0.5, 0.6) is 0 Å². The smallest absolute Gasteiger partial charge is 0.221 e. The van der Waals surface area contributed by atoms with Crippen LogP contribution < -0.4 is 10.6 Å². The van der Waals surface area contributed by atoms with Gasteiger partial charge in [0.1, 0.15) is 5.82 Å². The summed E-state index contributed by atoms with van der Waals surface area (Å²) >= 11 is 0. The number of rotatable bonds is 5. The molecular formula is C15H20N4O. The first-order valence-electron chi connectivity index (χ1n) is 6.83. The third-order valence-electron chi connectivity index (χ3n) is 2.84. The Morgan fingerprint density at radius 3 is 2.50 bits per heavy atom. The third kappa shape index (κ3) is 3.66. The number of amides is 1. The van der Waals surface area contributed by atoms with Gasteiger partial charge >= 0.3 is 0 Å². The molecule has 0 radical (unpaired) electrons. The van der Waals surface area contributed by atoms with Gasteiger partial charge in [0.15, 0.2) is 0 Å². The summed E-state index contributed by atoms with van der Waals surface area (Å²) in [6.45, 7) is 6.36. The number of benzene rings is 1. The first kappa shape index (κ1) is 14.2. The average molecular weight is 272 g/mol. The zero-order valence-electron chi connectivity index (χ0n) is 12.1. The number of hydrogen-bond acceptors (Lipinski definition) is 4. The van der Waals surface area contributed by atoms with E-state index < -0.39 is 0 Å². The molecule has 5 heteroatoms. The molecule has 0 saturated heterocycles. The van der Waals surface area contributed by atoms with Crippen molar-refractivity contribution < 1.29 is 4.79 Å². The van der Waals surface area contributed by atoms with Crippen LogP contribution in [0.4, 0.5) is 5.82 Å². The van der Waals surface area contributed by atoms with Crippen LogP contribution in [0.25, 0.3) is 11.0 Å². The topological polar surface area (TPSA) is 66.9 Å². The Kier molecular flexibility index (Phi) is 4.50. The highest BCUT2D eigenvalue weighted by atomic mass is 16.1. The Morgan fingerprint density at radius 2 is 1.85 bits per heavy atom. The van der Waals surface area contributed by atoms with Gasteiger partial charge in [-0.05, 0) is 32.9 Å². The van der Waals surface area contributed by atoms with E-state index in [9.17, 15) is 4.79 Å². The lowest BCUT2D eigenvalue weighted by atomic mass is 10.3. The molecule has 1 amide bonds. The normalized spacial score (nSPS) is 10.8. The molecule has 20 heavy (non-hydrogen) atoms. The van der Waals surface area contributed by atoms with E-state index in [0.29, 0.717) is 13.0 Å². The van der Waals surface area contributed by atoms with Crippen molar-refractivity contribution in [2.75, 3.05) is 11.9 Å². The fraction of sp³-hybridized carbons (Fsp3) is 0.400. The van der Waals surface area contributed by atoms with Crippen LogP contribution in [0.1, 0.15) is 26.0 Å². The molecule has 0 unspecified atom stereocenters. The molecular weight excluding hydrogens is 252 g/mol. The molecule has 0 fully saturated rings. The van der Waals surface area contributed by atoms with E-state index in [0.717, 1.165) is 22.5 Å². The van der Waals surface area contributed by atoms with Gasteiger partial charge in [0.2, 0.25) is 5.91 Å². The number of carbonyl (C=O) groups excluding carboxylic acids is 1. The Balaban J connectivity index is 1.99. The molecule has 1 aromatic carbocycles. The third-order valence-corrected chi connectivity index (χ3v) is 2.84. The number of hydrogen-bond donors (Lipinski definition) is 2. The van der Waals surface area contributed by atoms with Crippen molar-refractivity contribution in [3.05, 3.63) is 30.0 Å². The number of carbonyl (C=O) groups is 1. The number of nitrogens with zero attached hydrogens (tertiary/aromatic N) is 2. The molecule has 0 spiro atoms. The largest absolute Gasteiger partial charge is 0.368 e. The van der Waals surface area contributed by atoms with Crippen molar-refractivity contribution in [2.45, 2.75) is 33.2 Å². The molecule has 0 aliphatic heterocycles. The van der Waals surface area contributed by atoms with Crippen LogP contribution in [0.15, 0.2) is 24.3 Å². The maximum Gasteiger partial charge on any atom is 0.221 e. The predicted octanol–water partition coefficient (Wildman–Crippen LogP) is 2.26. The van der Waals surface area contributed by atoms with Crippen LogP contribution in [0, 0.1) is 6.92 Å². The zero-order valence-corrected chi connectivity index (χ0v) is 12.1. The van der Waals surface area contributed by atoms with Gasteiger partial charge < -0.3 is 10.6 Å². The molecule has 2 rings (SSSR count). The van der Waals surface area contributed by atoms with Gasteiger partial charge in [-0.15, -0.1) is 0 Å². The van der Waals surface area contributed by atoms with E-state index in [1.54, 1.807) is 0 Å². The van der Waals surface area contributed by atoms with Gasteiger partial charge in [0, 0.05) is 19.0 Å². The van der Waals surface area contributed by atoms with Crippen molar-refractivity contribution in [1.82, 2.24) is 15.3 Å².